The van der Waals surface area contributed by atoms with Crippen LogP contribution in [-0.2, 0) is 17.5 Å². The molecule has 0 saturated carbocycles. The molecule has 2 rings (SSSR count). The van der Waals surface area contributed by atoms with Gasteiger partial charge in [-0.05, 0) is 18.1 Å². The second-order valence-corrected chi connectivity index (χ2v) is 7.16. The van der Waals surface area contributed by atoms with Gasteiger partial charge in [-0.2, -0.15) is 13.2 Å². The normalized spacial score (nSPS) is 12.8. The summed E-state index contributed by atoms with van der Waals surface area (Å²) < 4.78 is 41.0. The van der Waals surface area contributed by atoms with Gasteiger partial charge in [0.15, 0.2) is 5.16 Å². The number of nitrogens with two attached hydrogens (primary N) is 1. The Morgan fingerprint density at radius 1 is 1.37 bits per heavy atom. The first-order chi connectivity index (χ1) is 12.6. The van der Waals surface area contributed by atoms with Crippen molar-refractivity contribution in [3.8, 4) is 0 Å². The van der Waals surface area contributed by atoms with Crippen LogP contribution < -0.4 is 11.1 Å². The molecular formula is C17H20F3N5OS. The highest BCUT2D eigenvalue weighted by Crippen LogP contribution is 2.35. The Bertz CT molecular complexity index is 819. The van der Waals surface area contributed by atoms with Gasteiger partial charge < -0.3 is 11.1 Å². The number of carbonyl (C=O) groups excluding carboxylic acids is 1. The van der Waals surface area contributed by atoms with Gasteiger partial charge in [-0.15, -0.1) is 16.8 Å². The lowest BCUT2D eigenvalue weighted by molar-refractivity contribution is -0.137. The highest BCUT2D eigenvalue weighted by molar-refractivity contribution is 8.00. The van der Waals surface area contributed by atoms with Gasteiger partial charge in [-0.1, -0.05) is 43.8 Å². The smallest absolute Gasteiger partial charge is 0.368 e. The first-order valence-electron chi connectivity index (χ1n) is 8.08. The molecule has 0 aliphatic carbocycles. The number of carbonyl (C=O) groups is 1. The van der Waals surface area contributed by atoms with E-state index in [9.17, 15) is 18.0 Å². The zero-order valence-corrected chi connectivity index (χ0v) is 15.6. The standard InChI is InChI=1S/C17H20F3N5OS/c1-4-9-25-15(21)23-24-16(25)27-13(10(2)3)14(26)22-12-8-6-5-7-11(12)17(18,19)20/h4-8,10,13H,1,9H2,2-3H3,(H2,21,23)(H,22,26). The highest BCUT2D eigenvalue weighted by Gasteiger charge is 2.34. The number of rotatable bonds is 7. The molecule has 3 N–H and O–H groups in total. The molecule has 0 bridgehead atoms. The van der Waals surface area contributed by atoms with E-state index >= 15 is 0 Å². The Hall–Kier alpha value is -2.49. The number of aromatic nitrogens is 3. The number of para-hydroxylation sites is 1. The molecule has 0 aliphatic heterocycles. The lowest BCUT2D eigenvalue weighted by Crippen LogP contribution is -2.31. The van der Waals surface area contributed by atoms with Crippen LogP contribution >= 0.6 is 11.8 Å². The summed E-state index contributed by atoms with van der Waals surface area (Å²) >= 11 is 1.09. The molecule has 1 atom stereocenters. The number of amides is 1. The average Bonchev–Trinajstić information content (AvgIpc) is 2.92. The molecule has 1 amide bonds. The lowest BCUT2D eigenvalue weighted by atomic mass is 10.1. The van der Waals surface area contributed by atoms with E-state index in [4.69, 9.17) is 5.73 Å². The van der Waals surface area contributed by atoms with Crippen molar-refractivity contribution in [1.29, 1.82) is 0 Å². The van der Waals surface area contributed by atoms with Crippen molar-refractivity contribution in [3.63, 3.8) is 0 Å². The Labute approximate surface area is 159 Å². The van der Waals surface area contributed by atoms with Gasteiger partial charge in [0.05, 0.1) is 16.5 Å². The van der Waals surface area contributed by atoms with Crippen LogP contribution in [0, 0.1) is 5.92 Å². The fourth-order valence-corrected chi connectivity index (χ4v) is 3.39. The van der Waals surface area contributed by atoms with Crippen molar-refractivity contribution < 1.29 is 18.0 Å². The number of allylic oxidation sites excluding steroid dienone is 1. The predicted molar refractivity (Wildman–Crippen MR) is 99.2 cm³/mol. The molecular weight excluding hydrogens is 379 g/mol. The Kier molecular flexibility index (Phi) is 6.53. The highest BCUT2D eigenvalue weighted by atomic mass is 32.2. The second kappa shape index (κ2) is 8.47. The molecule has 27 heavy (non-hydrogen) atoms. The van der Waals surface area contributed by atoms with Gasteiger partial charge in [0, 0.05) is 6.54 Å². The predicted octanol–water partition coefficient (Wildman–Crippen LogP) is 3.82. The minimum Gasteiger partial charge on any atom is -0.368 e. The third kappa shape index (κ3) is 5.03. The number of alkyl halides is 3. The maximum Gasteiger partial charge on any atom is 0.418 e. The van der Waals surface area contributed by atoms with Gasteiger partial charge in [0.1, 0.15) is 0 Å². The molecule has 1 aromatic heterocycles. The monoisotopic (exact) mass is 399 g/mol. The van der Waals surface area contributed by atoms with Crippen LogP contribution in [0.4, 0.5) is 24.8 Å². The van der Waals surface area contributed by atoms with Crippen molar-refractivity contribution in [2.24, 2.45) is 5.92 Å². The minimum absolute atomic E-state index is 0.169. The fraction of sp³-hybridized carbons (Fsp3) is 0.353. The van der Waals surface area contributed by atoms with Gasteiger partial charge in [-0.25, -0.2) is 0 Å². The molecule has 146 valence electrons. The van der Waals surface area contributed by atoms with Crippen LogP contribution in [0.15, 0.2) is 42.1 Å². The molecule has 10 heteroatoms. The SMILES string of the molecule is C=CCn1c(N)nnc1SC(C(=O)Nc1ccccc1C(F)(F)F)C(C)C. The minimum atomic E-state index is -4.57. The summed E-state index contributed by atoms with van der Waals surface area (Å²) in [6.45, 7) is 7.57. The van der Waals surface area contributed by atoms with Gasteiger partial charge in [0.2, 0.25) is 11.9 Å². The summed E-state index contributed by atoms with van der Waals surface area (Å²) in [5.41, 5.74) is 4.57. The third-order valence-electron chi connectivity index (χ3n) is 3.64. The van der Waals surface area contributed by atoms with Crippen molar-refractivity contribution in [1.82, 2.24) is 14.8 Å². The van der Waals surface area contributed by atoms with E-state index in [1.807, 2.05) is 0 Å². The van der Waals surface area contributed by atoms with Crippen molar-refractivity contribution >= 4 is 29.3 Å². The number of benzene rings is 1. The van der Waals surface area contributed by atoms with E-state index in [-0.39, 0.29) is 17.6 Å². The summed E-state index contributed by atoms with van der Waals surface area (Å²) in [6, 6.07) is 4.85. The number of hydrogen-bond donors (Lipinski definition) is 2. The van der Waals surface area contributed by atoms with Gasteiger partial charge in [-0.3, -0.25) is 9.36 Å². The van der Waals surface area contributed by atoms with Crippen LogP contribution in [0.25, 0.3) is 0 Å². The van der Waals surface area contributed by atoms with E-state index in [0.29, 0.717) is 11.7 Å². The quantitative estimate of drug-likeness (QED) is 0.546. The molecule has 0 radical (unpaired) electrons. The van der Waals surface area contributed by atoms with Crippen LogP contribution in [0.5, 0.6) is 0 Å². The molecule has 0 aliphatic rings. The van der Waals surface area contributed by atoms with Crippen LogP contribution in [0.2, 0.25) is 0 Å². The van der Waals surface area contributed by atoms with Crippen molar-refractivity contribution in [2.45, 2.75) is 37.0 Å². The number of anilines is 2. The third-order valence-corrected chi connectivity index (χ3v) is 5.17. The largest absolute Gasteiger partial charge is 0.418 e. The molecule has 0 spiro atoms. The first-order valence-corrected chi connectivity index (χ1v) is 8.96. The van der Waals surface area contributed by atoms with Crippen LogP contribution in [-0.4, -0.2) is 25.9 Å². The Morgan fingerprint density at radius 3 is 2.63 bits per heavy atom. The zero-order valence-electron chi connectivity index (χ0n) is 14.8. The summed E-state index contributed by atoms with van der Waals surface area (Å²) in [7, 11) is 0. The molecule has 1 aromatic carbocycles. The number of thioether (sulfide) groups is 1. The van der Waals surface area contributed by atoms with Gasteiger partial charge >= 0.3 is 6.18 Å². The summed E-state index contributed by atoms with van der Waals surface area (Å²) in [4.78, 5) is 12.7. The fourth-order valence-electron chi connectivity index (χ4n) is 2.34. The van der Waals surface area contributed by atoms with E-state index in [2.05, 4.69) is 22.1 Å². The maximum atomic E-state index is 13.1. The van der Waals surface area contributed by atoms with Gasteiger partial charge in [0.25, 0.3) is 0 Å². The lowest BCUT2D eigenvalue weighted by Gasteiger charge is -2.21. The topological polar surface area (TPSA) is 85.8 Å². The van der Waals surface area contributed by atoms with Crippen molar-refractivity contribution in [2.75, 3.05) is 11.1 Å². The van der Waals surface area contributed by atoms with Crippen LogP contribution in [0.3, 0.4) is 0 Å². The second-order valence-electron chi connectivity index (χ2n) is 6.06. The first kappa shape index (κ1) is 20.8. The summed E-state index contributed by atoms with van der Waals surface area (Å²) in [5, 5.41) is 9.81. The van der Waals surface area contributed by atoms with E-state index in [0.717, 1.165) is 17.8 Å². The molecule has 1 heterocycles. The summed E-state index contributed by atoms with van der Waals surface area (Å²) in [6.07, 6.45) is -2.96. The van der Waals surface area contributed by atoms with E-state index in [1.165, 1.54) is 18.2 Å². The Balaban J connectivity index is 2.26. The number of nitrogens with zero attached hydrogens (tertiary/aromatic N) is 3. The number of halogens is 3. The number of nitrogens with one attached hydrogen (secondary N) is 1. The number of hydrogen-bond acceptors (Lipinski definition) is 5. The molecule has 0 saturated heterocycles. The van der Waals surface area contributed by atoms with E-state index < -0.39 is 22.9 Å². The van der Waals surface area contributed by atoms with Crippen LogP contribution in [0.1, 0.15) is 19.4 Å². The van der Waals surface area contributed by atoms with Crippen molar-refractivity contribution in [3.05, 3.63) is 42.5 Å². The maximum absolute atomic E-state index is 13.1. The molecule has 2 aromatic rings. The Morgan fingerprint density at radius 2 is 2.04 bits per heavy atom. The number of nitrogen functional groups attached to an aromatic ring is 1. The molecule has 6 nitrogen and oxygen atoms in total. The van der Waals surface area contributed by atoms with E-state index in [1.54, 1.807) is 24.5 Å². The zero-order chi connectivity index (χ0) is 20.2. The average molecular weight is 399 g/mol. The summed E-state index contributed by atoms with van der Waals surface area (Å²) in [5.74, 6) is -0.565. The molecule has 1 unspecified atom stereocenters. The molecule has 0 fully saturated rings.